The molecule has 0 aliphatic heterocycles. The van der Waals surface area contributed by atoms with E-state index in [1.54, 1.807) is 6.08 Å². The lowest BCUT2D eigenvalue weighted by Crippen LogP contribution is -1.89. The molecule has 3 heteroatoms. The van der Waals surface area contributed by atoms with Gasteiger partial charge in [0.1, 0.15) is 0 Å². The number of aryl methyl sites for hydroxylation is 1. The Morgan fingerprint density at radius 1 is 0.828 bits per heavy atom. The number of carboxylic acid groups (broad SMARTS) is 1. The Kier molecular flexibility index (Phi) is 21.4. The fraction of sp³-hybridized carbons (Fsp3) is 0.692. The van der Waals surface area contributed by atoms with Crippen LogP contribution in [0.1, 0.15) is 116 Å². The Balaban J connectivity index is 0.000000614. The molecule has 0 bridgehead atoms. The highest BCUT2D eigenvalue weighted by atomic mass is 16.4. The molecule has 0 spiro atoms. The van der Waals surface area contributed by atoms with Gasteiger partial charge in [-0.05, 0) is 37.8 Å². The van der Waals surface area contributed by atoms with Gasteiger partial charge in [-0.3, -0.25) is 4.98 Å². The van der Waals surface area contributed by atoms with Crippen LogP contribution < -0.4 is 0 Å². The van der Waals surface area contributed by atoms with Gasteiger partial charge in [-0.2, -0.15) is 0 Å². The lowest BCUT2D eigenvalue weighted by molar-refractivity contribution is -0.131. The molecule has 1 heterocycles. The number of aromatic nitrogens is 1. The first-order valence-corrected chi connectivity index (χ1v) is 12.0. The highest BCUT2D eigenvalue weighted by molar-refractivity contribution is 5.79. The summed E-state index contributed by atoms with van der Waals surface area (Å²) in [7, 11) is 0. The number of hydrogen-bond acceptors (Lipinski definition) is 2. The average molecular weight is 404 g/mol. The Morgan fingerprint density at radius 3 is 1.90 bits per heavy atom. The number of rotatable bonds is 17. The van der Waals surface area contributed by atoms with Crippen molar-refractivity contribution in [1.29, 1.82) is 0 Å². The Bertz CT molecular complexity index is 485. The second kappa shape index (κ2) is 22.6. The SMILES string of the molecule is CCCCCCC=CC(=O)O.CCCCCCCCCCCCc1ccccn1. The number of allylic oxidation sites excluding steroid dienone is 1. The fourth-order valence-electron chi connectivity index (χ4n) is 3.21. The van der Waals surface area contributed by atoms with Crippen LogP contribution in [0.4, 0.5) is 0 Å². The molecule has 0 aromatic carbocycles. The van der Waals surface area contributed by atoms with Gasteiger partial charge < -0.3 is 5.11 Å². The van der Waals surface area contributed by atoms with E-state index >= 15 is 0 Å². The van der Waals surface area contributed by atoms with Crippen LogP contribution in [0.15, 0.2) is 36.5 Å². The van der Waals surface area contributed by atoms with Crippen LogP contribution in [-0.2, 0) is 11.2 Å². The highest BCUT2D eigenvalue weighted by Crippen LogP contribution is 2.11. The van der Waals surface area contributed by atoms with Gasteiger partial charge in [0.15, 0.2) is 0 Å². The van der Waals surface area contributed by atoms with Crippen LogP contribution in [0.2, 0.25) is 0 Å². The zero-order valence-corrected chi connectivity index (χ0v) is 19.1. The van der Waals surface area contributed by atoms with E-state index in [4.69, 9.17) is 5.11 Å². The van der Waals surface area contributed by atoms with Crippen LogP contribution in [0.25, 0.3) is 0 Å². The molecule has 0 saturated carbocycles. The number of nitrogens with zero attached hydrogens (tertiary/aromatic N) is 1. The molecule has 1 N–H and O–H groups in total. The highest BCUT2D eigenvalue weighted by Gasteiger charge is 1.95. The smallest absolute Gasteiger partial charge is 0.327 e. The number of aliphatic carboxylic acids is 1. The number of carboxylic acids is 1. The first-order valence-electron chi connectivity index (χ1n) is 12.0. The molecule has 166 valence electrons. The molecule has 0 radical (unpaired) electrons. The van der Waals surface area contributed by atoms with Crippen molar-refractivity contribution in [1.82, 2.24) is 4.98 Å². The summed E-state index contributed by atoms with van der Waals surface area (Å²) in [5.74, 6) is -0.847. The van der Waals surface area contributed by atoms with Crippen molar-refractivity contribution in [3.8, 4) is 0 Å². The number of hydrogen-bond donors (Lipinski definition) is 1. The quantitative estimate of drug-likeness (QED) is 0.211. The largest absolute Gasteiger partial charge is 0.478 e. The van der Waals surface area contributed by atoms with Gasteiger partial charge in [0.25, 0.3) is 0 Å². The van der Waals surface area contributed by atoms with Crippen molar-refractivity contribution < 1.29 is 9.90 Å². The van der Waals surface area contributed by atoms with E-state index in [-0.39, 0.29) is 0 Å². The van der Waals surface area contributed by atoms with Crippen molar-refractivity contribution in [2.75, 3.05) is 0 Å². The van der Waals surface area contributed by atoms with Crippen LogP contribution in [0.5, 0.6) is 0 Å². The summed E-state index contributed by atoms with van der Waals surface area (Å²) in [6, 6.07) is 6.20. The number of unbranched alkanes of at least 4 members (excludes halogenated alkanes) is 13. The van der Waals surface area contributed by atoms with E-state index in [0.29, 0.717) is 0 Å². The zero-order valence-electron chi connectivity index (χ0n) is 19.1. The Morgan fingerprint density at radius 2 is 1.38 bits per heavy atom. The topological polar surface area (TPSA) is 50.2 Å². The summed E-state index contributed by atoms with van der Waals surface area (Å²) in [6.07, 6.45) is 25.7. The standard InChI is InChI=1S/C17H29N.C9H16O2/c1-2-3-4-5-6-7-8-9-10-11-14-17-15-12-13-16-18-17;1-2-3-4-5-6-7-8-9(10)11/h12-13,15-16H,2-11,14H2,1H3;7-8H,2-6H2,1H3,(H,10,11). The molecule has 1 aromatic heterocycles. The summed E-state index contributed by atoms with van der Waals surface area (Å²) < 4.78 is 0. The molecule has 3 nitrogen and oxygen atoms in total. The number of pyridine rings is 1. The van der Waals surface area contributed by atoms with Crippen LogP contribution in [-0.4, -0.2) is 16.1 Å². The van der Waals surface area contributed by atoms with Crippen molar-refractivity contribution in [3.63, 3.8) is 0 Å². The summed E-state index contributed by atoms with van der Waals surface area (Å²) >= 11 is 0. The van der Waals surface area contributed by atoms with E-state index in [9.17, 15) is 4.79 Å². The van der Waals surface area contributed by atoms with Gasteiger partial charge in [0, 0.05) is 18.0 Å². The normalized spacial score (nSPS) is 10.7. The molecule has 0 aliphatic rings. The lowest BCUT2D eigenvalue weighted by atomic mass is 10.1. The monoisotopic (exact) mass is 403 g/mol. The van der Waals surface area contributed by atoms with E-state index < -0.39 is 5.97 Å². The molecule has 1 rings (SSSR count). The lowest BCUT2D eigenvalue weighted by Gasteiger charge is -2.02. The third-order valence-electron chi connectivity index (χ3n) is 5.00. The summed E-state index contributed by atoms with van der Waals surface area (Å²) in [5, 5.41) is 8.23. The van der Waals surface area contributed by atoms with E-state index in [1.807, 2.05) is 12.3 Å². The minimum absolute atomic E-state index is 0.847. The molecule has 0 amide bonds. The molecule has 0 atom stereocenters. The maximum absolute atomic E-state index is 10.0. The van der Waals surface area contributed by atoms with Gasteiger partial charge in [0.05, 0.1) is 0 Å². The van der Waals surface area contributed by atoms with Crippen LogP contribution in [0.3, 0.4) is 0 Å². The van der Waals surface area contributed by atoms with Gasteiger partial charge in [-0.25, -0.2) is 4.79 Å². The average Bonchev–Trinajstić information content (AvgIpc) is 2.73. The minimum Gasteiger partial charge on any atom is -0.478 e. The molecule has 1 aromatic rings. The predicted octanol–water partition coefficient (Wildman–Crippen LogP) is 8.14. The Labute approximate surface area is 180 Å². The minimum atomic E-state index is -0.847. The molecule has 29 heavy (non-hydrogen) atoms. The van der Waals surface area contributed by atoms with Crippen molar-refractivity contribution >= 4 is 5.97 Å². The van der Waals surface area contributed by atoms with Crippen molar-refractivity contribution in [2.45, 2.75) is 117 Å². The van der Waals surface area contributed by atoms with Crippen molar-refractivity contribution in [2.24, 2.45) is 0 Å². The van der Waals surface area contributed by atoms with E-state index in [0.717, 1.165) is 19.3 Å². The molecule has 0 fully saturated rings. The number of carbonyl (C=O) groups is 1. The van der Waals surface area contributed by atoms with Crippen LogP contribution in [0, 0.1) is 0 Å². The Hall–Kier alpha value is -1.64. The first kappa shape index (κ1) is 27.4. The van der Waals surface area contributed by atoms with E-state index in [1.165, 1.54) is 95.2 Å². The maximum Gasteiger partial charge on any atom is 0.327 e. The van der Waals surface area contributed by atoms with Gasteiger partial charge in [-0.15, -0.1) is 0 Å². The third kappa shape index (κ3) is 22.5. The second-order valence-corrected chi connectivity index (χ2v) is 7.84. The van der Waals surface area contributed by atoms with Gasteiger partial charge in [0.2, 0.25) is 0 Å². The molecule has 0 saturated heterocycles. The fourth-order valence-corrected chi connectivity index (χ4v) is 3.21. The molecular weight excluding hydrogens is 358 g/mol. The predicted molar refractivity (Wildman–Crippen MR) is 125 cm³/mol. The summed E-state index contributed by atoms with van der Waals surface area (Å²) in [6.45, 7) is 4.44. The van der Waals surface area contributed by atoms with E-state index in [2.05, 4.69) is 31.0 Å². The van der Waals surface area contributed by atoms with Crippen LogP contribution >= 0.6 is 0 Å². The second-order valence-electron chi connectivity index (χ2n) is 7.84. The first-order chi connectivity index (χ1) is 14.2. The molecule has 0 aliphatic carbocycles. The maximum atomic E-state index is 10.0. The molecule has 0 unspecified atom stereocenters. The molecular formula is C26H45NO2. The third-order valence-corrected chi connectivity index (χ3v) is 5.00. The van der Waals surface area contributed by atoms with Gasteiger partial charge in [-0.1, -0.05) is 103 Å². The summed E-state index contributed by atoms with van der Waals surface area (Å²) in [4.78, 5) is 14.4. The zero-order chi connectivity index (χ0) is 21.4. The van der Waals surface area contributed by atoms with Crippen molar-refractivity contribution in [3.05, 3.63) is 42.2 Å². The summed E-state index contributed by atoms with van der Waals surface area (Å²) in [5.41, 5.74) is 1.25. The van der Waals surface area contributed by atoms with Gasteiger partial charge >= 0.3 is 5.97 Å².